The van der Waals surface area contributed by atoms with E-state index < -0.39 is 11.9 Å². The van der Waals surface area contributed by atoms with E-state index in [0.717, 1.165) is 0 Å². The summed E-state index contributed by atoms with van der Waals surface area (Å²) < 4.78 is 0. The summed E-state index contributed by atoms with van der Waals surface area (Å²) >= 11 is 0. The lowest BCUT2D eigenvalue weighted by Gasteiger charge is -2.08. The minimum Gasteiger partial charge on any atom is -0.478 e. The first kappa shape index (κ1) is 20.6. The standard InChI is InChI=1S/C14H10O4.C12H10/c15-13(16)11-7-3-1-5-9(11)10-6-2-4-8-12(10)14(17)18;1-3-7-11(8-4-1)12-9-5-2-6-10-12/h1-8H,(H,15,16)(H,17,18);1-10H. The van der Waals surface area contributed by atoms with E-state index in [4.69, 9.17) is 10.2 Å². The molecule has 0 aliphatic rings. The first-order valence-corrected chi connectivity index (χ1v) is 9.33. The number of aromatic carboxylic acids is 2. The van der Waals surface area contributed by atoms with Crippen molar-refractivity contribution in [3.63, 3.8) is 0 Å². The Hall–Kier alpha value is -4.18. The van der Waals surface area contributed by atoms with Crippen LogP contribution in [-0.2, 0) is 0 Å². The predicted molar refractivity (Wildman–Crippen MR) is 118 cm³/mol. The van der Waals surface area contributed by atoms with Gasteiger partial charge in [0.2, 0.25) is 0 Å². The molecule has 2 N–H and O–H groups in total. The van der Waals surface area contributed by atoms with Crippen LogP contribution >= 0.6 is 0 Å². The number of rotatable bonds is 4. The first-order valence-electron chi connectivity index (χ1n) is 9.33. The lowest BCUT2D eigenvalue weighted by molar-refractivity contribution is 0.0684. The van der Waals surface area contributed by atoms with Crippen LogP contribution in [0.2, 0.25) is 0 Å². The molecule has 4 rings (SSSR count). The lowest BCUT2D eigenvalue weighted by atomic mass is 9.95. The van der Waals surface area contributed by atoms with Gasteiger partial charge < -0.3 is 10.2 Å². The van der Waals surface area contributed by atoms with Crippen LogP contribution in [-0.4, -0.2) is 22.2 Å². The second-order valence-electron chi connectivity index (χ2n) is 6.43. The van der Waals surface area contributed by atoms with Crippen molar-refractivity contribution in [2.75, 3.05) is 0 Å². The van der Waals surface area contributed by atoms with Crippen LogP contribution in [0.25, 0.3) is 22.3 Å². The Morgan fingerprint density at radius 1 is 0.433 bits per heavy atom. The molecule has 0 atom stereocenters. The molecule has 0 amide bonds. The zero-order chi connectivity index (χ0) is 21.3. The Morgan fingerprint density at radius 2 is 0.733 bits per heavy atom. The van der Waals surface area contributed by atoms with Crippen molar-refractivity contribution in [3.8, 4) is 22.3 Å². The van der Waals surface area contributed by atoms with Gasteiger partial charge >= 0.3 is 11.9 Å². The molecule has 4 aromatic rings. The molecule has 0 saturated carbocycles. The van der Waals surface area contributed by atoms with E-state index in [1.54, 1.807) is 36.4 Å². The van der Waals surface area contributed by atoms with Gasteiger partial charge in [-0.1, -0.05) is 97.1 Å². The third kappa shape index (κ3) is 5.00. The summed E-state index contributed by atoms with van der Waals surface area (Å²) in [5.74, 6) is -2.16. The summed E-state index contributed by atoms with van der Waals surface area (Å²) in [7, 11) is 0. The van der Waals surface area contributed by atoms with E-state index in [9.17, 15) is 9.59 Å². The Bertz CT molecular complexity index is 1040. The fourth-order valence-electron chi connectivity index (χ4n) is 3.07. The van der Waals surface area contributed by atoms with Gasteiger partial charge in [-0.2, -0.15) is 0 Å². The summed E-state index contributed by atoms with van der Waals surface area (Å²) in [6.45, 7) is 0. The van der Waals surface area contributed by atoms with Crippen LogP contribution in [0.5, 0.6) is 0 Å². The van der Waals surface area contributed by atoms with Crippen LogP contribution in [0, 0.1) is 0 Å². The van der Waals surface area contributed by atoms with Crippen molar-refractivity contribution in [3.05, 3.63) is 120 Å². The highest BCUT2D eigenvalue weighted by atomic mass is 16.4. The summed E-state index contributed by atoms with van der Waals surface area (Å²) in [5.41, 5.74) is 3.54. The van der Waals surface area contributed by atoms with E-state index in [2.05, 4.69) is 48.5 Å². The van der Waals surface area contributed by atoms with Crippen LogP contribution < -0.4 is 0 Å². The van der Waals surface area contributed by atoms with Crippen molar-refractivity contribution in [2.45, 2.75) is 0 Å². The lowest BCUT2D eigenvalue weighted by Crippen LogP contribution is -2.03. The van der Waals surface area contributed by atoms with E-state index in [1.807, 2.05) is 12.1 Å². The quantitative estimate of drug-likeness (QED) is 0.437. The zero-order valence-corrected chi connectivity index (χ0v) is 16.1. The van der Waals surface area contributed by atoms with Crippen molar-refractivity contribution < 1.29 is 19.8 Å². The largest absolute Gasteiger partial charge is 0.478 e. The minimum atomic E-state index is -1.08. The Morgan fingerprint density at radius 3 is 1.07 bits per heavy atom. The molecule has 0 spiro atoms. The van der Waals surface area contributed by atoms with E-state index in [-0.39, 0.29) is 11.1 Å². The van der Waals surface area contributed by atoms with Gasteiger partial charge in [0.25, 0.3) is 0 Å². The number of hydrogen-bond acceptors (Lipinski definition) is 2. The summed E-state index contributed by atoms with van der Waals surface area (Å²) in [4.78, 5) is 22.3. The molecule has 4 aromatic carbocycles. The number of carboxylic acids is 2. The van der Waals surface area contributed by atoms with Crippen LogP contribution in [0.1, 0.15) is 20.7 Å². The smallest absolute Gasteiger partial charge is 0.336 e. The topological polar surface area (TPSA) is 74.6 Å². The van der Waals surface area contributed by atoms with Crippen LogP contribution in [0.3, 0.4) is 0 Å². The molecule has 0 fully saturated rings. The van der Waals surface area contributed by atoms with Crippen molar-refractivity contribution in [2.24, 2.45) is 0 Å². The van der Waals surface area contributed by atoms with Gasteiger partial charge in [0.15, 0.2) is 0 Å². The SMILES string of the molecule is O=C(O)c1ccccc1-c1ccccc1C(=O)O.c1ccc(-c2ccccc2)cc1. The number of benzene rings is 4. The number of carboxylic acid groups (broad SMARTS) is 2. The Kier molecular flexibility index (Phi) is 6.74. The molecule has 0 aliphatic carbocycles. The highest BCUT2D eigenvalue weighted by Crippen LogP contribution is 2.27. The summed E-state index contributed by atoms with van der Waals surface area (Å²) in [6.07, 6.45) is 0. The average Bonchev–Trinajstić information content (AvgIpc) is 2.80. The third-order valence-electron chi connectivity index (χ3n) is 4.49. The Labute approximate surface area is 174 Å². The normalized spacial score (nSPS) is 9.87. The molecule has 0 radical (unpaired) electrons. The fourth-order valence-corrected chi connectivity index (χ4v) is 3.07. The molecule has 0 bridgehead atoms. The molecular formula is C26H20O4. The van der Waals surface area contributed by atoms with Crippen molar-refractivity contribution in [1.82, 2.24) is 0 Å². The van der Waals surface area contributed by atoms with Gasteiger partial charge in [0.1, 0.15) is 0 Å². The second-order valence-corrected chi connectivity index (χ2v) is 6.43. The fraction of sp³-hybridized carbons (Fsp3) is 0. The first-order chi connectivity index (χ1) is 14.6. The van der Waals surface area contributed by atoms with E-state index >= 15 is 0 Å². The van der Waals surface area contributed by atoms with Gasteiger partial charge in [0, 0.05) is 0 Å². The van der Waals surface area contributed by atoms with Gasteiger partial charge in [-0.05, 0) is 34.4 Å². The number of hydrogen-bond donors (Lipinski definition) is 2. The van der Waals surface area contributed by atoms with Gasteiger partial charge in [-0.3, -0.25) is 0 Å². The van der Waals surface area contributed by atoms with E-state index in [1.165, 1.54) is 23.3 Å². The monoisotopic (exact) mass is 396 g/mol. The molecular weight excluding hydrogens is 376 g/mol. The Balaban J connectivity index is 0.000000184. The second kappa shape index (κ2) is 9.85. The molecule has 0 aliphatic heterocycles. The molecule has 0 aromatic heterocycles. The minimum absolute atomic E-state index is 0.0891. The molecule has 30 heavy (non-hydrogen) atoms. The van der Waals surface area contributed by atoms with Gasteiger partial charge in [-0.25, -0.2) is 9.59 Å². The highest BCUT2D eigenvalue weighted by molar-refractivity contribution is 6.02. The summed E-state index contributed by atoms with van der Waals surface area (Å²) in [6, 6.07) is 33.5. The van der Waals surface area contributed by atoms with Crippen molar-refractivity contribution >= 4 is 11.9 Å². The molecule has 148 valence electrons. The molecule has 0 heterocycles. The predicted octanol–water partition coefficient (Wildman–Crippen LogP) is 6.10. The molecule has 4 nitrogen and oxygen atoms in total. The third-order valence-corrected chi connectivity index (χ3v) is 4.49. The molecule has 0 saturated heterocycles. The van der Waals surface area contributed by atoms with Crippen LogP contribution in [0.15, 0.2) is 109 Å². The maximum Gasteiger partial charge on any atom is 0.336 e. The average molecular weight is 396 g/mol. The van der Waals surface area contributed by atoms with Crippen LogP contribution in [0.4, 0.5) is 0 Å². The molecule has 4 heteroatoms. The van der Waals surface area contributed by atoms with E-state index in [0.29, 0.717) is 11.1 Å². The maximum atomic E-state index is 11.1. The zero-order valence-electron chi connectivity index (χ0n) is 16.1. The summed E-state index contributed by atoms with van der Waals surface area (Å²) in [5, 5.41) is 18.2. The maximum absolute atomic E-state index is 11.1. The van der Waals surface area contributed by atoms with Gasteiger partial charge in [0.05, 0.1) is 11.1 Å². The highest BCUT2D eigenvalue weighted by Gasteiger charge is 2.16. The number of carbonyl (C=O) groups is 2. The van der Waals surface area contributed by atoms with Gasteiger partial charge in [-0.15, -0.1) is 0 Å². The molecule has 0 unspecified atom stereocenters. The van der Waals surface area contributed by atoms with Crippen molar-refractivity contribution in [1.29, 1.82) is 0 Å².